The predicted octanol–water partition coefficient (Wildman–Crippen LogP) is 3.92. The van der Waals surface area contributed by atoms with Crippen molar-refractivity contribution in [1.29, 1.82) is 0 Å². The number of pyridine rings is 1. The summed E-state index contributed by atoms with van der Waals surface area (Å²) >= 11 is 0. The van der Waals surface area contributed by atoms with Crippen molar-refractivity contribution >= 4 is 28.6 Å². The zero-order chi connectivity index (χ0) is 23.4. The Kier molecular flexibility index (Phi) is 6.65. The molecule has 8 nitrogen and oxygen atoms in total. The van der Waals surface area contributed by atoms with Gasteiger partial charge in [-0.05, 0) is 49.7 Å². The molecule has 2 N–H and O–H groups in total. The molecule has 8 heteroatoms. The number of likely N-dealkylation sites (N-methyl/N-ethyl adjacent to an activating group) is 2. The summed E-state index contributed by atoms with van der Waals surface area (Å²) in [6.45, 7) is 6.28. The van der Waals surface area contributed by atoms with Gasteiger partial charge in [-0.15, -0.1) is 0 Å². The normalized spacial score (nSPS) is 11.2. The Hall–Kier alpha value is -3.78. The molecule has 0 bridgehead atoms. The van der Waals surface area contributed by atoms with Crippen LogP contribution in [-0.4, -0.2) is 62.8 Å². The molecule has 0 saturated carbocycles. The maximum absolute atomic E-state index is 13.0. The Bertz CT molecular complexity index is 1250. The lowest BCUT2D eigenvalue weighted by atomic mass is 10.2. The fourth-order valence-corrected chi connectivity index (χ4v) is 3.57. The largest absolute Gasteiger partial charge is 0.339 e. The quantitative estimate of drug-likeness (QED) is 0.429. The van der Waals surface area contributed by atoms with Crippen LogP contribution in [0.1, 0.15) is 27.2 Å². The number of amides is 1. The number of hydrogen-bond acceptors (Lipinski definition) is 6. The summed E-state index contributed by atoms with van der Waals surface area (Å²) in [6, 6.07) is 14.1. The van der Waals surface area contributed by atoms with Gasteiger partial charge in [0.2, 0.25) is 0 Å². The molecular weight excluding hydrogens is 414 g/mol. The number of hydrogen-bond donors (Lipinski definition) is 2. The molecule has 0 fully saturated rings. The van der Waals surface area contributed by atoms with E-state index in [0.717, 1.165) is 29.6 Å². The van der Waals surface area contributed by atoms with E-state index in [9.17, 15) is 4.79 Å². The van der Waals surface area contributed by atoms with Crippen LogP contribution in [0.5, 0.6) is 0 Å². The lowest BCUT2D eigenvalue weighted by Crippen LogP contribution is -2.34. The van der Waals surface area contributed by atoms with Crippen molar-refractivity contribution in [2.75, 3.05) is 32.5 Å². The van der Waals surface area contributed by atoms with Crippen molar-refractivity contribution in [3.8, 4) is 0 Å². The summed E-state index contributed by atoms with van der Waals surface area (Å²) in [6.07, 6.45) is 3.30. The zero-order valence-electron chi connectivity index (χ0n) is 19.5. The third kappa shape index (κ3) is 5.35. The first-order valence-corrected chi connectivity index (χ1v) is 10.9. The minimum atomic E-state index is -0.0867. The molecular formula is C25H29N7O. The number of carbonyl (C=O) groups is 1. The summed E-state index contributed by atoms with van der Waals surface area (Å²) in [5.41, 5.74) is 4.60. The van der Waals surface area contributed by atoms with Gasteiger partial charge in [0.25, 0.3) is 5.91 Å². The molecule has 33 heavy (non-hydrogen) atoms. The molecule has 4 aromatic rings. The van der Waals surface area contributed by atoms with Crippen LogP contribution in [0.25, 0.3) is 11.0 Å². The maximum Gasteiger partial charge on any atom is 0.270 e. The van der Waals surface area contributed by atoms with E-state index >= 15 is 0 Å². The van der Waals surface area contributed by atoms with E-state index in [4.69, 9.17) is 0 Å². The van der Waals surface area contributed by atoms with Crippen molar-refractivity contribution < 1.29 is 4.79 Å². The Balaban J connectivity index is 1.43. The molecule has 0 saturated heterocycles. The van der Waals surface area contributed by atoms with E-state index in [0.29, 0.717) is 29.5 Å². The number of fused-ring (bicyclic) bond motifs is 1. The summed E-state index contributed by atoms with van der Waals surface area (Å²) in [5, 5.41) is 3.99. The van der Waals surface area contributed by atoms with E-state index in [-0.39, 0.29) is 5.91 Å². The predicted molar refractivity (Wildman–Crippen MR) is 131 cm³/mol. The second-order valence-electron chi connectivity index (χ2n) is 8.40. The molecule has 3 aromatic heterocycles. The molecule has 0 atom stereocenters. The minimum absolute atomic E-state index is 0.0867. The number of nitrogens with zero attached hydrogens (tertiary/aromatic N) is 5. The fraction of sp³-hybridized carbons (Fsp3) is 0.280. The zero-order valence-corrected chi connectivity index (χ0v) is 19.5. The second-order valence-corrected chi connectivity index (χ2v) is 8.40. The topological polar surface area (TPSA) is 90.0 Å². The van der Waals surface area contributed by atoms with Crippen LogP contribution >= 0.6 is 0 Å². The molecule has 3 heterocycles. The van der Waals surface area contributed by atoms with Gasteiger partial charge in [0.05, 0.1) is 5.39 Å². The number of H-pyrrole nitrogens is 1. The lowest BCUT2D eigenvalue weighted by Gasteiger charge is -2.22. The number of carbonyl (C=O) groups excluding carboxylic acids is 1. The Morgan fingerprint density at radius 2 is 1.79 bits per heavy atom. The Morgan fingerprint density at radius 1 is 1.00 bits per heavy atom. The van der Waals surface area contributed by atoms with Crippen LogP contribution in [0.2, 0.25) is 0 Å². The van der Waals surface area contributed by atoms with Gasteiger partial charge in [0.15, 0.2) is 0 Å². The average molecular weight is 444 g/mol. The molecule has 0 unspecified atom stereocenters. The third-order valence-corrected chi connectivity index (χ3v) is 5.73. The van der Waals surface area contributed by atoms with Gasteiger partial charge >= 0.3 is 0 Å². The van der Waals surface area contributed by atoms with Crippen molar-refractivity contribution in [2.24, 2.45) is 0 Å². The number of aromatic nitrogens is 4. The summed E-state index contributed by atoms with van der Waals surface area (Å²) in [7, 11) is 3.87. The van der Waals surface area contributed by atoms with Crippen LogP contribution < -0.4 is 5.32 Å². The molecule has 0 aliphatic carbocycles. The molecule has 0 aliphatic rings. The summed E-state index contributed by atoms with van der Waals surface area (Å²) in [4.78, 5) is 33.2. The van der Waals surface area contributed by atoms with Crippen molar-refractivity contribution in [1.82, 2.24) is 29.7 Å². The molecule has 0 aliphatic heterocycles. The number of rotatable bonds is 8. The Morgan fingerprint density at radius 3 is 2.55 bits per heavy atom. The number of nitrogens with one attached hydrogen (secondary N) is 2. The summed E-state index contributed by atoms with van der Waals surface area (Å²) < 4.78 is 0. The van der Waals surface area contributed by atoms with Crippen LogP contribution in [0.4, 0.5) is 11.6 Å². The van der Waals surface area contributed by atoms with Gasteiger partial charge in [-0.25, -0.2) is 15.0 Å². The smallest absolute Gasteiger partial charge is 0.270 e. The SMILES string of the molecule is Cc1cnc(Nc2ncnc3[nH]c(C(=O)N(C)CCN(C)Cc4ccccc4)cc23)cc1C. The highest BCUT2D eigenvalue weighted by Crippen LogP contribution is 2.24. The molecule has 4 rings (SSSR count). The standard InChI is InChI=1S/C25H29N7O/c1-17-12-22(26-14-18(17)2)30-24-20-13-21(29-23(20)27-16-28-24)25(33)32(4)11-10-31(3)15-19-8-6-5-7-9-19/h5-9,12-14,16H,10-11,15H2,1-4H3,(H2,26,27,28,29,30). The van der Waals surface area contributed by atoms with E-state index in [1.807, 2.05) is 51.4 Å². The highest BCUT2D eigenvalue weighted by molar-refractivity contribution is 6.00. The monoisotopic (exact) mass is 443 g/mol. The number of benzene rings is 1. The number of aromatic amines is 1. The third-order valence-electron chi connectivity index (χ3n) is 5.73. The molecule has 1 amide bonds. The number of aryl methyl sites for hydroxylation is 2. The highest BCUT2D eigenvalue weighted by Gasteiger charge is 2.17. The van der Waals surface area contributed by atoms with E-state index in [1.54, 1.807) is 11.0 Å². The van der Waals surface area contributed by atoms with Gasteiger partial charge in [-0.2, -0.15) is 0 Å². The van der Waals surface area contributed by atoms with Crippen molar-refractivity contribution in [3.05, 3.63) is 77.4 Å². The average Bonchev–Trinajstić information content (AvgIpc) is 3.25. The van der Waals surface area contributed by atoms with Crippen LogP contribution in [0, 0.1) is 13.8 Å². The van der Waals surface area contributed by atoms with E-state index < -0.39 is 0 Å². The Labute approximate surface area is 193 Å². The molecule has 0 radical (unpaired) electrons. The maximum atomic E-state index is 13.0. The van der Waals surface area contributed by atoms with Gasteiger partial charge in [0, 0.05) is 32.9 Å². The first-order chi connectivity index (χ1) is 15.9. The molecule has 0 spiro atoms. The second kappa shape index (κ2) is 9.79. The molecule has 1 aromatic carbocycles. The van der Waals surface area contributed by atoms with Gasteiger partial charge in [-0.1, -0.05) is 30.3 Å². The van der Waals surface area contributed by atoms with Crippen LogP contribution in [0.15, 0.2) is 55.0 Å². The van der Waals surface area contributed by atoms with Crippen LogP contribution in [-0.2, 0) is 6.54 Å². The van der Waals surface area contributed by atoms with Crippen LogP contribution in [0.3, 0.4) is 0 Å². The lowest BCUT2D eigenvalue weighted by molar-refractivity contribution is 0.0777. The van der Waals surface area contributed by atoms with Gasteiger partial charge in [0.1, 0.15) is 29.3 Å². The first-order valence-electron chi connectivity index (χ1n) is 10.9. The minimum Gasteiger partial charge on any atom is -0.339 e. The van der Waals surface area contributed by atoms with Crippen molar-refractivity contribution in [3.63, 3.8) is 0 Å². The fourth-order valence-electron chi connectivity index (χ4n) is 3.57. The van der Waals surface area contributed by atoms with E-state index in [1.165, 1.54) is 11.9 Å². The van der Waals surface area contributed by atoms with Gasteiger partial charge in [-0.3, -0.25) is 4.79 Å². The van der Waals surface area contributed by atoms with Crippen molar-refractivity contribution in [2.45, 2.75) is 20.4 Å². The summed E-state index contributed by atoms with van der Waals surface area (Å²) in [5.74, 6) is 1.22. The number of anilines is 2. The highest BCUT2D eigenvalue weighted by atomic mass is 16.2. The first kappa shape index (κ1) is 22.4. The molecule has 170 valence electrons. The van der Waals surface area contributed by atoms with E-state index in [2.05, 4.69) is 49.3 Å². The van der Waals surface area contributed by atoms with Gasteiger partial charge < -0.3 is 20.1 Å².